The molecule has 3 rings (SSSR count). The van der Waals surface area contributed by atoms with E-state index in [2.05, 4.69) is 13.0 Å². The summed E-state index contributed by atoms with van der Waals surface area (Å²) in [5.41, 5.74) is -3.30. The number of hydrogen-bond donors (Lipinski definition) is 2. The molecule has 0 spiro atoms. The van der Waals surface area contributed by atoms with Crippen molar-refractivity contribution in [2.75, 3.05) is 26.2 Å². The van der Waals surface area contributed by atoms with E-state index in [9.17, 15) is 19.8 Å². The van der Waals surface area contributed by atoms with Crippen LogP contribution in [0.25, 0.3) is 0 Å². The summed E-state index contributed by atoms with van der Waals surface area (Å²) in [5, 5.41) is 21.4. The SMILES string of the molecule is CCC[N+]12CC=C3COC(=O)[C@@](C)(O)[C@@](C)(O)[C@H](C)C(=O)O[C@@H](CC1)[C@H]32. The van der Waals surface area contributed by atoms with Crippen LogP contribution in [0.15, 0.2) is 11.6 Å². The summed E-state index contributed by atoms with van der Waals surface area (Å²) >= 11 is 0. The van der Waals surface area contributed by atoms with Gasteiger partial charge in [-0.3, -0.25) is 4.79 Å². The van der Waals surface area contributed by atoms with Crippen LogP contribution in [0.4, 0.5) is 0 Å². The summed E-state index contributed by atoms with van der Waals surface area (Å²) in [7, 11) is 0. The molecule has 6 atom stereocenters. The molecular weight excluding hydrogens is 338 g/mol. The summed E-state index contributed by atoms with van der Waals surface area (Å²) in [6, 6.07) is -0.0214. The Morgan fingerprint density at radius 2 is 2.00 bits per heavy atom. The number of carbonyl (C=O) groups excluding carboxylic acids is 2. The Labute approximate surface area is 154 Å². The molecule has 26 heavy (non-hydrogen) atoms. The van der Waals surface area contributed by atoms with Gasteiger partial charge in [0.05, 0.1) is 25.6 Å². The van der Waals surface area contributed by atoms with Crippen LogP contribution < -0.4 is 0 Å². The summed E-state index contributed by atoms with van der Waals surface area (Å²) in [5.74, 6) is -2.61. The highest BCUT2D eigenvalue weighted by molar-refractivity contribution is 5.83. The van der Waals surface area contributed by atoms with Gasteiger partial charge in [-0.25, -0.2) is 4.79 Å². The number of esters is 2. The second-order valence-corrected chi connectivity index (χ2v) is 8.35. The van der Waals surface area contributed by atoms with Crippen LogP contribution in [0.5, 0.6) is 0 Å². The molecule has 0 aromatic heterocycles. The molecule has 7 heteroatoms. The third-order valence-corrected chi connectivity index (χ3v) is 6.78. The molecule has 7 nitrogen and oxygen atoms in total. The molecule has 0 saturated carbocycles. The molecule has 2 saturated heterocycles. The van der Waals surface area contributed by atoms with Crippen LogP contribution >= 0.6 is 0 Å². The molecule has 2 N–H and O–H groups in total. The van der Waals surface area contributed by atoms with E-state index in [1.807, 2.05) is 0 Å². The van der Waals surface area contributed by atoms with Crippen LogP contribution in [0.1, 0.15) is 40.5 Å². The summed E-state index contributed by atoms with van der Waals surface area (Å²) in [6.07, 6.45) is 3.52. The Morgan fingerprint density at radius 3 is 2.65 bits per heavy atom. The van der Waals surface area contributed by atoms with Crippen LogP contribution in [0.3, 0.4) is 0 Å². The molecule has 0 amide bonds. The van der Waals surface area contributed by atoms with Crippen molar-refractivity contribution in [2.24, 2.45) is 5.92 Å². The minimum Gasteiger partial charge on any atom is -0.459 e. The zero-order valence-electron chi connectivity index (χ0n) is 16.0. The first-order chi connectivity index (χ1) is 12.1. The molecule has 0 aromatic carbocycles. The number of hydrogen-bond acceptors (Lipinski definition) is 6. The van der Waals surface area contributed by atoms with Crippen molar-refractivity contribution in [3.05, 3.63) is 11.6 Å². The Bertz CT molecular complexity index is 640. The molecule has 3 aliphatic heterocycles. The van der Waals surface area contributed by atoms with Crippen LogP contribution in [0, 0.1) is 5.92 Å². The van der Waals surface area contributed by atoms with E-state index in [-0.39, 0.29) is 18.8 Å². The monoisotopic (exact) mass is 368 g/mol. The van der Waals surface area contributed by atoms with Gasteiger partial charge in [0.1, 0.15) is 12.2 Å². The minimum atomic E-state index is -2.22. The fourth-order valence-corrected chi connectivity index (χ4v) is 4.70. The zero-order chi connectivity index (χ0) is 19.3. The summed E-state index contributed by atoms with van der Waals surface area (Å²) < 4.78 is 12.0. The van der Waals surface area contributed by atoms with Gasteiger partial charge in [0.2, 0.25) is 0 Å². The van der Waals surface area contributed by atoms with E-state index in [1.54, 1.807) is 0 Å². The van der Waals surface area contributed by atoms with Gasteiger partial charge >= 0.3 is 11.9 Å². The van der Waals surface area contributed by atoms with E-state index in [0.29, 0.717) is 0 Å². The normalized spacial score (nSPS) is 46.1. The van der Waals surface area contributed by atoms with E-state index in [1.165, 1.54) is 20.8 Å². The fourth-order valence-electron chi connectivity index (χ4n) is 4.70. The van der Waals surface area contributed by atoms with Crippen molar-refractivity contribution in [2.45, 2.75) is 63.9 Å². The number of nitrogens with zero attached hydrogens (tertiary/aromatic N) is 1. The van der Waals surface area contributed by atoms with Gasteiger partial charge in [-0.15, -0.1) is 0 Å². The van der Waals surface area contributed by atoms with Crippen molar-refractivity contribution in [3.8, 4) is 0 Å². The van der Waals surface area contributed by atoms with Gasteiger partial charge in [-0.2, -0.15) is 0 Å². The minimum absolute atomic E-state index is 0.0214. The van der Waals surface area contributed by atoms with Gasteiger partial charge < -0.3 is 24.2 Å². The Morgan fingerprint density at radius 1 is 1.31 bits per heavy atom. The molecule has 0 radical (unpaired) electrons. The van der Waals surface area contributed by atoms with Gasteiger partial charge in [0.25, 0.3) is 0 Å². The van der Waals surface area contributed by atoms with Crippen molar-refractivity contribution < 1.29 is 33.8 Å². The van der Waals surface area contributed by atoms with Crippen LogP contribution in [-0.2, 0) is 19.1 Å². The first-order valence-corrected chi connectivity index (χ1v) is 9.44. The van der Waals surface area contributed by atoms with Crippen molar-refractivity contribution in [1.29, 1.82) is 0 Å². The van der Waals surface area contributed by atoms with Gasteiger partial charge in [-0.05, 0) is 33.3 Å². The van der Waals surface area contributed by atoms with Crippen LogP contribution in [-0.4, -0.2) is 76.2 Å². The Kier molecular flexibility index (Phi) is 4.70. The molecule has 0 aromatic rings. The molecule has 1 unspecified atom stereocenters. The Hall–Kier alpha value is -1.44. The Balaban J connectivity index is 1.98. The highest BCUT2D eigenvalue weighted by Crippen LogP contribution is 2.41. The predicted octanol–water partition coefficient (Wildman–Crippen LogP) is 0.532. The fraction of sp³-hybridized carbons (Fsp3) is 0.789. The third-order valence-electron chi connectivity index (χ3n) is 6.78. The first-order valence-electron chi connectivity index (χ1n) is 9.44. The molecular formula is C19H30NO6+. The van der Waals surface area contributed by atoms with E-state index in [4.69, 9.17) is 9.47 Å². The smallest absolute Gasteiger partial charge is 0.341 e. The maximum absolute atomic E-state index is 12.7. The number of cyclic esters (lactones) is 1. The van der Waals surface area contributed by atoms with Gasteiger partial charge in [0, 0.05) is 12.0 Å². The second-order valence-electron chi connectivity index (χ2n) is 8.35. The highest BCUT2D eigenvalue weighted by Gasteiger charge is 2.59. The summed E-state index contributed by atoms with van der Waals surface area (Å²) in [4.78, 5) is 25.2. The lowest BCUT2D eigenvalue weighted by Gasteiger charge is -2.39. The molecule has 2 fully saturated rings. The maximum Gasteiger partial charge on any atom is 0.341 e. The number of ether oxygens (including phenoxy) is 2. The van der Waals surface area contributed by atoms with E-state index < -0.39 is 29.1 Å². The predicted molar refractivity (Wildman–Crippen MR) is 92.9 cm³/mol. The number of rotatable bonds is 2. The van der Waals surface area contributed by atoms with Crippen molar-refractivity contribution in [1.82, 2.24) is 0 Å². The molecule has 3 aliphatic rings. The maximum atomic E-state index is 12.7. The van der Waals surface area contributed by atoms with Crippen molar-refractivity contribution >= 4 is 11.9 Å². The largest absolute Gasteiger partial charge is 0.459 e. The molecule has 3 heterocycles. The van der Waals surface area contributed by atoms with Gasteiger partial charge in [0.15, 0.2) is 17.7 Å². The van der Waals surface area contributed by atoms with Crippen molar-refractivity contribution in [3.63, 3.8) is 0 Å². The third kappa shape index (κ3) is 2.68. The lowest BCUT2D eigenvalue weighted by molar-refractivity contribution is -0.925. The van der Waals surface area contributed by atoms with E-state index >= 15 is 0 Å². The lowest BCUT2D eigenvalue weighted by Crippen LogP contribution is -2.61. The standard InChI is InChI=1S/C19H30NO6/c1-5-8-20-9-6-13-11-25-17(22)19(4,24)18(3,23)12(2)16(21)26-14(7-10-20)15(13)20/h6,12,14-15,23-24H,5,7-11H2,1-4H3/q+1/t12-,14+,15+,18+,19-,20?/m1/s1. The number of quaternary nitrogens is 1. The van der Waals surface area contributed by atoms with Gasteiger partial charge in [-0.1, -0.05) is 6.92 Å². The average molecular weight is 368 g/mol. The quantitative estimate of drug-likeness (QED) is 0.420. The lowest BCUT2D eigenvalue weighted by atomic mass is 9.76. The topological polar surface area (TPSA) is 93.1 Å². The number of aliphatic hydroxyl groups is 2. The first kappa shape index (κ1) is 19.3. The zero-order valence-corrected chi connectivity index (χ0v) is 16.0. The van der Waals surface area contributed by atoms with Crippen LogP contribution in [0.2, 0.25) is 0 Å². The molecule has 146 valence electrons. The highest BCUT2D eigenvalue weighted by atomic mass is 16.6. The average Bonchev–Trinajstić information content (AvgIpc) is 3.09. The van der Waals surface area contributed by atoms with E-state index in [0.717, 1.165) is 42.5 Å². The summed E-state index contributed by atoms with van der Waals surface area (Å²) in [6.45, 7) is 8.81. The molecule has 0 bridgehead atoms. The molecule has 0 aliphatic carbocycles. The second kappa shape index (κ2) is 6.32. The number of carbonyl (C=O) groups is 2.